The third-order valence-electron chi connectivity index (χ3n) is 4.56. The molecule has 0 unspecified atom stereocenters. The molecule has 0 bridgehead atoms. The third-order valence-corrected chi connectivity index (χ3v) is 4.99. The standard InChI is InChI=1S/C19H13ClFN7O/c20-16-10(2-1-3-13(16)21)8-28-18-12(7-24-28)17(22-9-23-18)25-11-4-5-14-15(6-11)27-19(29)26-14/h1-7,9H,8H2,(H,22,23,25)(H2,26,27,29). The zero-order valence-corrected chi connectivity index (χ0v) is 15.5. The molecule has 0 spiro atoms. The van der Waals surface area contributed by atoms with Gasteiger partial charge in [0.25, 0.3) is 0 Å². The fourth-order valence-electron chi connectivity index (χ4n) is 3.19. The van der Waals surface area contributed by atoms with Crippen molar-refractivity contribution in [3.63, 3.8) is 0 Å². The Labute approximate surface area is 167 Å². The number of hydrogen-bond acceptors (Lipinski definition) is 5. The van der Waals surface area contributed by atoms with Crippen molar-refractivity contribution in [2.45, 2.75) is 6.54 Å². The molecular weight excluding hydrogens is 397 g/mol. The van der Waals surface area contributed by atoms with Gasteiger partial charge in [-0.1, -0.05) is 23.7 Å². The summed E-state index contributed by atoms with van der Waals surface area (Å²) in [5.74, 6) is 0.0830. The summed E-state index contributed by atoms with van der Waals surface area (Å²) in [7, 11) is 0. The average molecular weight is 410 g/mol. The number of aromatic nitrogens is 6. The van der Waals surface area contributed by atoms with Crippen LogP contribution in [0.4, 0.5) is 15.9 Å². The van der Waals surface area contributed by atoms with E-state index in [9.17, 15) is 9.18 Å². The normalized spacial score (nSPS) is 11.4. The molecule has 5 rings (SSSR count). The van der Waals surface area contributed by atoms with E-state index in [0.29, 0.717) is 33.4 Å². The Morgan fingerprint density at radius 3 is 2.90 bits per heavy atom. The Balaban J connectivity index is 1.50. The summed E-state index contributed by atoms with van der Waals surface area (Å²) >= 11 is 6.06. The van der Waals surface area contributed by atoms with Crippen molar-refractivity contribution in [1.82, 2.24) is 29.7 Å². The molecule has 8 nitrogen and oxygen atoms in total. The molecule has 0 radical (unpaired) electrons. The largest absolute Gasteiger partial charge is 0.339 e. The van der Waals surface area contributed by atoms with E-state index in [1.54, 1.807) is 35.1 Å². The van der Waals surface area contributed by atoms with Gasteiger partial charge in [-0.25, -0.2) is 23.8 Å². The van der Waals surface area contributed by atoms with Gasteiger partial charge in [0.1, 0.15) is 18.0 Å². The van der Waals surface area contributed by atoms with E-state index in [0.717, 1.165) is 5.69 Å². The summed E-state index contributed by atoms with van der Waals surface area (Å²) in [6.07, 6.45) is 3.06. The van der Waals surface area contributed by atoms with Gasteiger partial charge in [0.2, 0.25) is 0 Å². The van der Waals surface area contributed by atoms with Crippen LogP contribution in [0, 0.1) is 5.82 Å². The van der Waals surface area contributed by atoms with Crippen LogP contribution in [0.2, 0.25) is 5.02 Å². The Morgan fingerprint density at radius 2 is 2.00 bits per heavy atom. The first-order valence-electron chi connectivity index (χ1n) is 8.67. The highest BCUT2D eigenvalue weighted by atomic mass is 35.5. The van der Waals surface area contributed by atoms with E-state index in [4.69, 9.17) is 11.6 Å². The monoisotopic (exact) mass is 409 g/mol. The second-order valence-corrected chi connectivity index (χ2v) is 6.82. The lowest BCUT2D eigenvalue weighted by molar-refractivity contribution is 0.621. The molecular formula is C19H13ClFN7O. The molecule has 0 aliphatic rings. The van der Waals surface area contributed by atoms with E-state index in [1.165, 1.54) is 12.4 Å². The summed E-state index contributed by atoms with van der Waals surface area (Å²) in [5, 5.41) is 8.34. The predicted molar refractivity (Wildman–Crippen MR) is 108 cm³/mol. The first-order valence-corrected chi connectivity index (χ1v) is 9.05. The highest BCUT2D eigenvalue weighted by molar-refractivity contribution is 6.31. The Kier molecular flexibility index (Phi) is 4.02. The smallest absolute Gasteiger partial charge is 0.323 e. The number of fused-ring (bicyclic) bond motifs is 2. The number of halogens is 2. The highest BCUT2D eigenvalue weighted by Gasteiger charge is 2.13. The number of anilines is 2. The van der Waals surface area contributed by atoms with Gasteiger partial charge in [0.15, 0.2) is 5.65 Å². The van der Waals surface area contributed by atoms with Crippen LogP contribution in [-0.2, 0) is 6.54 Å². The van der Waals surface area contributed by atoms with E-state index >= 15 is 0 Å². The lowest BCUT2D eigenvalue weighted by Crippen LogP contribution is -2.04. The Bertz CT molecular complexity index is 1420. The number of nitrogens with one attached hydrogen (secondary N) is 3. The number of imidazole rings is 1. The van der Waals surface area contributed by atoms with Gasteiger partial charge in [-0.2, -0.15) is 5.10 Å². The SMILES string of the molecule is O=c1[nH]c2ccc(Nc3ncnc4c3cnn4Cc3cccc(F)c3Cl)cc2[nH]1. The van der Waals surface area contributed by atoms with Gasteiger partial charge < -0.3 is 15.3 Å². The molecule has 0 atom stereocenters. The molecule has 0 amide bonds. The molecule has 5 aromatic rings. The predicted octanol–water partition coefficient (Wildman–Crippen LogP) is 3.58. The topological polar surface area (TPSA) is 104 Å². The zero-order chi connectivity index (χ0) is 20.0. The number of hydrogen-bond donors (Lipinski definition) is 3. The molecule has 0 saturated heterocycles. The fraction of sp³-hybridized carbons (Fsp3) is 0.0526. The van der Waals surface area contributed by atoms with Crippen LogP contribution in [0.3, 0.4) is 0 Å². The average Bonchev–Trinajstić information content (AvgIpc) is 3.28. The maximum atomic E-state index is 13.7. The first kappa shape index (κ1) is 17.4. The lowest BCUT2D eigenvalue weighted by atomic mass is 10.2. The van der Waals surface area contributed by atoms with Crippen LogP contribution < -0.4 is 11.0 Å². The number of aromatic amines is 2. The molecule has 0 saturated carbocycles. The zero-order valence-electron chi connectivity index (χ0n) is 14.8. The van der Waals surface area contributed by atoms with Crippen LogP contribution >= 0.6 is 11.6 Å². The number of rotatable bonds is 4. The lowest BCUT2D eigenvalue weighted by Gasteiger charge is -2.08. The minimum atomic E-state index is -0.476. The van der Waals surface area contributed by atoms with E-state index in [2.05, 4.69) is 30.4 Å². The molecule has 3 aromatic heterocycles. The molecule has 144 valence electrons. The molecule has 0 aliphatic heterocycles. The minimum Gasteiger partial charge on any atom is -0.339 e. The van der Waals surface area contributed by atoms with Crippen molar-refractivity contribution in [1.29, 1.82) is 0 Å². The molecule has 2 aromatic carbocycles. The van der Waals surface area contributed by atoms with Gasteiger partial charge in [0, 0.05) is 5.69 Å². The van der Waals surface area contributed by atoms with Crippen LogP contribution in [0.25, 0.3) is 22.1 Å². The highest BCUT2D eigenvalue weighted by Crippen LogP contribution is 2.26. The van der Waals surface area contributed by atoms with Crippen molar-refractivity contribution >= 4 is 45.2 Å². The Morgan fingerprint density at radius 1 is 1.14 bits per heavy atom. The van der Waals surface area contributed by atoms with Crippen molar-refractivity contribution in [3.05, 3.63) is 75.8 Å². The van der Waals surface area contributed by atoms with E-state index < -0.39 is 5.82 Å². The molecule has 3 heterocycles. The number of H-pyrrole nitrogens is 2. The number of benzene rings is 2. The third kappa shape index (κ3) is 3.11. The van der Waals surface area contributed by atoms with Gasteiger partial charge in [-0.3, -0.25) is 0 Å². The number of nitrogens with zero attached hydrogens (tertiary/aromatic N) is 4. The van der Waals surface area contributed by atoms with Gasteiger partial charge in [-0.15, -0.1) is 0 Å². The maximum absolute atomic E-state index is 13.7. The van der Waals surface area contributed by atoms with Crippen molar-refractivity contribution in [3.8, 4) is 0 Å². The van der Waals surface area contributed by atoms with Crippen molar-refractivity contribution in [2.75, 3.05) is 5.32 Å². The van der Waals surface area contributed by atoms with Crippen LogP contribution in [0.5, 0.6) is 0 Å². The van der Waals surface area contributed by atoms with Crippen molar-refractivity contribution < 1.29 is 4.39 Å². The van der Waals surface area contributed by atoms with Gasteiger partial charge >= 0.3 is 5.69 Å². The van der Waals surface area contributed by atoms with Crippen LogP contribution in [0.1, 0.15) is 5.56 Å². The van der Waals surface area contributed by atoms with Crippen LogP contribution in [-0.4, -0.2) is 29.7 Å². The summed E-state index contributed by atoms with van der Waals surface area (Å²) in [4.78, 5) is 25.5. The second-order valence-electron chi connectivity index (χ2n) is 6.44. The molecule has 10 heteroatoms. The summed E-state index contributed by atoms with van der Waals surface area (Å²) < 4.78 is 15.4. The second kappa shape index (κ2) is 6.71. The maximum Gasteiger partial charge on any atom is 0.323 e. The van der Waals surface area contributed by atoms with Crippen LogP contribution in [0.15, 0.2) is 53.7 Å². The minimum absolute atomic E-state index is 0.0670. The first-order chi connectivity index (χ1) is 14.1. The molecule has 0 fully saturated rings. The Hall–Kier alpha value is -3.72. The van der Waals surface area contributed by atoms with Crippen molar-refractivity contribution in [2.24, 2.45) is 0 Å². The van der Waals surface area contributed by atoms with Gasteiger partial charge in [0.05, 0.1) is 34.2 Å². The van der Waals surface area contributed by atoms with E-state index in [-0.39, 0.29) is 17.3 Å². The molecule has 29 heavy (non-hydrogen) atoms. The summed E-state index contributed by atoms with van der Waals surface area (Å²) in [6.45, 7) is 0.271. The summed E-state index contributed by atoms with van der Waals surface area (Å²) in [5.41, 5.74) is 3.06. The molecule has 3 N–H and O–H groups in total. The summed E-state index contributed by atoms with van der Waals surface area (Å²) in [6, 6.07) is 10.1. The van der Waals surface area contributed by atoms with Gasteiger partial charge in [-0.05, 0) is 29.8 Å². The quantitative estimate of drug-likeness (QED) is 0.421. The van der Waals surface area contributed by atoms with E-state index in [1.807, 2.05) is 6.07 Å². The molecule has 0 aliphatic carbocycles. The fourth-order valence-corrected chi connectivity index (χ4v) is 3.37.